The number of nitriles is 1. The van der Waals surface area contributed by atoms with Crippen molar-refractivity contribution in [3.05, 3.63) is 40.4 Å². The molecule has 1 aromatic carbocycles. The Balaban J connectivity index is 2.99. The zero-order chi connectivity index (χ0) is 10.6. The minimum atomic E-state index is -1.02. The van der Waals surface area contributed by atoms with Crippen molar-refractivity contribution in [2.45, 2.75) is 0 Å². The number of benzene rings is 1. The molecule has 0 unspecified atom stereocenters. The number of hydrogen-bond acceptors (Lipinski definition) is 2. The molecule has 14 heavy (non-hydrogen) atoms. The molecule has 0 saturated carbocycles. The molecule has 0 spiro atoms. The molecule has 0 aromatic heterocycles. The summed E-state index contributed by atoms with van der Waals surface area (Å²) in [6.45, 7) is 0. The molecule has 0 saturated heterocycles. The Kier molecular flexibility index (Phi) is 3.27. The highest BCUT2D eigenvalue weighted by atomic mass is 35.5. The molecule has 0 amide bonds. The molecule has 0 heterocycles. The smallest absolute Gasteiger partial charge is 0.328 e. The maximum Gasteiger partial charge on any atom is 0.328 e. The van der Waals surface area contributed by atoms with Gasteiger partial charge in [-0.15, -0.1) is 0 Å². The summed E-state index contributed by atoms with van der Waals surface area (Å²) in [6, 6.07) is 6.63. The van der Waals surface area contributed by atoms with Crippen molar-refractivity contribution in [1.29, 1.82) is 5.26 Å². The van der Waals surface area contributed by atoms with E-state index in [1.807, 2.05) is 6.07 Å². The van der Waals surface area contributed by atoms with E-state index in [0.717, 1.165) is 6.08 Å². The highest BCUT2D eigenvalue weighted by molar-refractivity contribution is 6.31. The van der Waals surface area contributed by atoms with Crippen LogP contribution in [0.15, 0.2) is 24.3 Å². The summed E-state index contributed by atoms with van der Waals surface area (Å²) in [6.07, 6.45) is 2.42. The highest BCUT2D eigenvalue weighted by Crippen LogP contribution is 2.17. The van der Waals surface area contributed by atoms with Gasteiger partial charge in [-0.1, -0.05) is 17.7 Å². The van der Waals surface area contributed by atoms with Crippen LogP contribution >= 0.6 is 11.6 Å². The van der Waals surface area contributed by atoms with Crippen LogP contribution in [-0.2, 0) is 4.79 Å². The predicted octanol–water partition coefficient (Wildman–Crippen LogP) is 2.31. The van der Waals surface area contributed by atoms with E-state index in [-0.39, 0.29) is 0 Å². The van der Waals surface area contributed by atoms with E-state index in [0.29, 0.717) is 16.1 Å². The van der Waals surface area contributed by atoms with Crippen molar-refractivity contribution < 1.29 is 9.90 Å². The van der Waals surface area contributed by atoms with E-state index >= 15 is 0 Å². The number of carbonyl (C=O) groups is 1. The normalized spacial score (nSPS) is 10.0. The molecule has 3 nitrogen and oxygen atoms in total. The van der Waals surface area contributed by atoms with Crippen LogP contribution in [-0.4, -0.2) is 11.1 Å². The first kappa shape index (κ1) is 10.3. The molecule has 0 atom stereocenters. The highest BCUT2D eigenvalue weighted by Gasteiger charge is 1.98. The minimum absolute atomic E-state index is 0.319. The number of carboxylic acids is 1. The van der Waals surface area contributed by atoms with Gasteiger partial charge in [0, 0.05) is 6.08 Å². The molecule has 0 aliphatic rings. The Morgan fingerprint density at radius 3 is 2.79 bits per heavy atom. The number of nitrogens with zero attached hydrogens (tertiary/aromatic N) is 1. The lowest BCUT2D eigenvalue weighted by atomic mass is 10.1. The number of rotatable bonds is 2. The Morgan fingerprint density at radius 1 is 1.57 bits per heavy atom. The molecule has 70 valence electrons. The zero-order valence-corrected chi connectivity index (χ0v) is 7.82. The van der Waals surface area contributed by atoms with Crippen LogP contribution in [0, 0.1) is 11.3 Å². The predicted molar refractivity (Wildman–Crippen MR) is 52.8 cm³/mol. The molecule has 4 heteroatoms. The summed E-state index contributed by atoms with van der Waals surface area (Å²) >= 11 is 5.74. The number of halogens is 1. The molecule has 0 aliphatic carbocycles. The zero-order valence-electron chi connectivity index (χ0n) is 7.07. The van der Waals surface area contributed by atoms with Gasteiger partial charge in [0.15, 0.2) is 0 Å². The Morgan fingerprint density at radius 2 is 2.29 bits per heavy atom. The van der Waals surface area contributed by atoms with E-state index in [4.69, 9.17) is 22.0 Å². The van der Waals surface area contributed by atoms with Crippen LogP contribution in [0.5, 0.6) is 0 Å². The fourth-order valence-corrected chi connectivity index (χ4v) is 1.12. The van der Waals surface area contributed by atoms with Crippen molar-refractivity contribution in [1.82, 2.24) is 0 Å². The van der Waals surface area contributed by atoms with Gasteiger partial charge in [0.1, 0.15) is 6.07 Å². The topological polar surface area (TPSA) is 61.1 Å². The molecule has 1 N–H and O–H groups in total. The summed E-state index contributed by atoms with van der Waals surface area (Å²) in [4.78, 5) is 10.2. The van der Waals surface area contributed by atoms with Crippen molar-refractivity contribution >= 4 is 23.6 Å². The van der Waals surface area contributed by atoms with Gasteiger partial charge in [-0.2, -0.15) is 5.26 Å². The monoisotopic (exact) mass is 207 g/mol. The summed E-state index contributed by atoms with van der Waals surface area (Å²) in [5, 5.41) is 17.3. The quantitative estimate of drug-likeness (QED) is 0.757. The van der Waals surface area contributed by atoms with E-state index in [2.05, 4.69) is 0 Å². The van der Waals surface area contributed by atoms with Crippen LogP contribution in [0.3, 0.4) is 0 Å². The lowest BCUT2D eigenvalue weighted by molar-refractivity contribution is -0.131. The van der Waals surface area contributed by atoms with Crippen molar-refractivity contribution in [3.8, 4) is 6.07 Å². The van der Waals surface area contributed by atoms with Crippen molar-refractivity contribution in [3.63, 3.8) is 0 Å². The van der Waals surface area contributed by atoms with Crippen LogP contribution in [0.1, 0.15) is 11.1 Å². The first-order valence-corrected chi connectivity index (χ1v) is 4.12. The molecule has 0 aliphatic heterocycles. The summed E-state index contributed by atoms with van der Waals surface area (Å²) in [7, 11) is 0. The standard InChI is InChI=1S/C10H6ClNO2/c11-9-5-7(2-4-10(13)14)1-3-8(9)6-12/h1-5H,(H,13,14)/b4-2+. The second kappa shape index (κ2) is 4.45. The lowest BCUT2D eigenvalue weighted by Crippen LogP contribution is -1.86. The Labute approximate surface area is 85.9 Å². The first-order valence-electron chi connectivity index (χ1n) is 3.74. The Bertz CT molecular complexity index is 432. The van der Waals surface area contributed by atoms with Gasteiger partial charge in [0.05, 0.1) is 10.6 Å². The second-order valence-corrected chi connectivity index (χ2v) is 2.93. The van der Waals surface area contributed by atoms with E-state index < -0.39 is 5.97 Å². The summed E-state index contributed by atoms with van der Waals surface area (Å²) in [5.74, 6) is -1.02. The fourth-order valence-electron chi connectivity index (χ4n) is 0.893. The van der Waals surface area contributed by atoms with Gasteiger partial charge in [-0.25, -0.2) is 4.79 Å². The van der Waals surface area contributed by atoms with Gasteiger partial charge < -0.3 is 5.11 Å². The first-order chi connectivity index (χ1) is 6.63. The van der Waals surface area contributed by atoms with E-state index in [9.17, 15) is 4.79 Å². The van der Waals surface area contributed by atoms with Crippen LogP contribution in [0.25, 0.3) is 6.08 Å². The van der Waals surface area contributed by atoms with Crippen LogP contribution in [0.2, 0.25) is 5.02 Å². The largest absolute Gasteiger partial charge is 0.478 e. The fraction of sp³-hybridized carbons (Fsp3) is 0. The number of hydrogen-bond donors (Lipinski definition) is 1. The molecular formula is C10H6ClNO2. The third-order valence-electron chi connectivity index (χ3n) is 1.53. The second-order valence-electron chi connectivity index (χ2n) is 2.52. The molecule has 0 fully saturated rings. The molecule has 0 bridgehead atoms. The van der Waals surface area contributed by atoms with E-state index in [1.54, 1.807) is 18.2 Å². The summed E-state index contributed by atoms with van der Waals surface area (Å²) < 4.78 is 0. The van der Waals surface area contributed by atoms with Gasteiger partial charge in [-0.05, 0) is 23.8 Å². The summed E-state index contributed by atoms with van der Waals surface area (Å²) in [5.41, 5.74) is 1.02. The van der Waals surface area contributed by atoms with Crippen molar-refractivity contribution in [2.24, 2.45) is 0 Å². The molecule has 1 aromatic rings. The maximum atomic E-state index is 10.2. The third kappa shape index (κ3) is 2.61. The minimum Gasteiger partial charge on any atom is -0.478 e. The third-order valence-corrected chi connectivity index (χ3v) is 1.84. The maximum absolute atomic E-state index is 10.2. The van der Waals surface area contributed by atoms with Gasteiger partial charge in [-0.3, -0.25) is 0 Å². The molecule has 0 radical (unpaired) electrons. The lowest BCUT2D eigenvalue weighted by Gasteiger charge is -1.96. The number of carboxylic acid groups (broad SMARTS) is 1. The molecular weight excluding hydrogens is 202 g/mol. The van der Waals surface area contributed by atoms with Gasteiger partial charge >= 0.3 is 5.97 Å². The molecule has 1 rings (SSSR count). The average Bonchev–Trinajstić information content (AvgIpc) is 2.15. The van der Waals surface area contributed by atoms with E-state index in [1.165, 1.54) is 6.08 Å². The van der Waals surface area contributed by atoms with Crippen LogP contribution < -0.4 is 0 Å². The van der Waals surface area contributed by atoms with Crippen molar-refractivity contribution in [2.75, 3.05) is 0 Å². The van der Waals surface area contributed by atoms with Crippen LogP contribution in [0.4, 0.5) is 0 Å². The SMILES string of the molecule is N#Cc1ccc(/C=C/C(=O)O)cc1Cl. The van der Waals surface area contributed by atoms with Gasteiger partial charge in [0.25, 0.3) is 0 Å². The Hall–Kier alpha value is -1.79. The average molecular weight is 208 g/mol. The van der Waals surface area contributed by atoms with Gasteiger partial charge in [0.2, 0.25) is 0 Å². The number of aliphatic carboxylic acids is 1.